The molecule has 0 bridgehead atoms. The summed E-state index contributed by atoms with van der Waals surface area (Å²) in [5.41, 5.74) is 3.61. The maximum Gasteiger partial charge on any atom is 0.0328 e. The van der Waals surface area contributed by atoms with E-state index < -0.39 is 0 Å². The number of hydrogen-bond donors (Lipinski definition) is 1. The molecule has 0 aromatic heterocycles. The van der Waals surface area contributed by atoms with Gasteiger partial charge in [0, 0.05) is 12.1 Å². The summed E-state index contributed by atoms with van der Waals surface area (Å²) in [4.78, 5) is 0. The van der Waals surface area contributed by atoms with Gasteiger partial charge in [-0.3, -0.25) is 0 Å². The average Bonchev–Trinajstić information content (AvgIpc) is 2.68. The lowest BCUT2D eigenvalue weighted by atomic mass is 9.76. The number of benzene rings is 1. The summed E-state index contributed by atoms with van der Waals surface area (Å²) in [5.74, 6) is 0.903. The van der Waals surface area contributed by atoms with Gasteiger partial charge < -0.3 is 5.32 Å². The van der Waals surface area contributed by atoms with Crippen LogP contribution in [0.5, 0.6) is 0 Å². The standard InChI is InChI=1S/C20H31N/c1-20(2,3)16-8-6-9-17(13-12-16)21-19-14-11-15-7-4-5-10-18(15)19/h4-5,7,10,16-17,19,21H,6,8-9,11-14H2,1-3H3. The predicted octanol–water partition coefficient (Wildman–Crippen LogP) is 5.26. The Morgan fingerprint density at radius 2 is 1.76 bits per heavy atom. The molecule has 3 rings (SSSR count). The molecule has 0 heterocycles. The Kier molecular flexibility index (Phi) is 4.40. The van der Waals surface area contributed by atoms with Crippen LogP contribution in [0.2, 0.25) is 0 Å². The van der Waals surface area contributed by atoms with E-state index >= 15 is 0 Å². The molecule has 1 heteroatoms. The maximum absolute atomic E-state index is 3.99. The Hall–Kier alpha value is -0.820. The van der Waals surface area contributed by atoms with Crippen molar-refractivity contribution in [1.82, 2.24) is 5.32 Å². The second-order valence-electron chi connectivity index (χ2n) is 8.22. The Morgan fingerprint density at radius 1 is 0.952 bits per heavy atom. The molecule has 0 spiro atoms. The number of fused-ring (bicyclic) bond motifs is 1. The lowest BCUT2D eigenvalue weighted by Gasteiger charge is -2.30. The van der Waals surface area contributed by atoms with Crippen molar-refractivity contribution in [3.8, 4) is 0 Å². The third-order valence-electron chi connectivity index (χ3n) is 5.76. The Labute approximate surface area is 130 Å². The van der Waals surface area contributed by atoms with Gasteiger partial charge in [0.05, 0.1) is 0 Å². The van der Waals surface area contributed by atoms with E-state index in [0.717, 1.165) is 12.0 Å². The van der Waals surface area contributed by atoms with Crippen LogP contribution >= 0.6 is 0 Å². The molecular formula is C20H31N. The van der Waals surface area contributed by atoms with Gasteiger partial charge in [-0.25, -0.2) is 0 Å². The summed E-state index contributed by atoms with van der Waals surface area (Å²) in [5, 5.41) is 3.99. The minimum Gasteiger partial charge on any atom is -0.307 e. The number of nitrogens with one attached hydrogen (secondary N) is 1. The summed E-state index contributed by atoms with van der Waals surface area (Å²) in [6.45, 7) is 7.25. The van der Waals surface area contributed by atoms with E-state index in [0.29, 0.717) is 11.5 Å². The molecule has 0 amide bonds. The van der Waals surface area contributed by atoms with Crippen LogP contribution in [0.15, 0.2) is 24.3 Å². The lowest BCUT2D eigenvalue weighted by molar-refractivity contribution is 0.213. The SMILES string of the molecule is CC(C)(C)C1CCCC(NC2CCc3ccccc32)CC1. The average molecular weight is 285 g/mol. The molecule has 3 unspecified atom stereocenters. The van der Waals surface area contributed by atoms with Crippen molar-refractivity contribution in [1.29, 1.82) is 0 Å². The molecule has 0 saturated heterocycles. The summed E-state index contributed by atoms with van der Waals surface area (Å²) in [7, 11) is 0. The Bertz CT molecular complexity index is 471. The van der Waals surface area contributed by atoms with Crippen molar-refractivity contribution in [3.05, 3.63) is 35.4 Å². The maximum atomic E-state index is 3.99. The van der Waals surface area contributed by atoms with Gasteiger partial charge in [0.1, 0.15) is 0 Å². The molecule has 0 radical (unpaired) electrons. The first kappa shape index (κ1) is 15.1. The quantitative estimate of drug-likeness (QED) is 0.731. The Morgan fingerprint density at radius 3 is 2.57 bits per heavy atom. The highest BCUT2D eigenvalue weighted by Crippen LogP contribution is 2.38. The monoisotopic (exact) mass is 285 g/mol. The van der Waals surface area contributed by atoms with E-state index in [1.165, 1.54) is 44.9 Å². The van der Waals surface area contributed by atoms with Gasteiger partial charge in [0.2, 0.25) is 0 Å². The van der Waals surface area contributed by atoms with Gasteiger partial charge in [-0.2, -0.15) is 0 Å². The van der Waals surface area contributed by atoms with Crippen LogP contribution < -0.4 is 5.32 Å². The van der Waals surface area contributed by atoms with Crippen LogP contribution in [0.3, 0.4) is 0 Å². The van der Waals surface area contributed by atoms with Gasteiger partial charge in [0.25, 0.3) is 0 Å². The van der Waals surface area contributed by atoms with Gasteiger partial charge in [-0.05, 0) is 61.0 Å². The van der Waals surface area contributed by atoms with Crippen molar-refractivity contribution < 1.29 is 0 Å². The smallest absolute Gasteiger partial charge is 0.0328 e. The summed E-state index contributed by atoms with van der Waals surface area (Å²) in [6.07, 6.45) is 9.49. The van der Waals surface area contributed by atoms with Crippen molar-refractivity contribution in [2.75, 3.05) is 0 Å². The molecule has 1 N–H and O–H groups in total. The summed E-state index contributed by atoms with van der Waals surface area (Å²) < 4.78 is 0. The normalized spacial score (nSPS) is 30.0. The molecule has 0 aliphatic heterocycles. The van der Waals surface area contributed by atoms with Gasteiger partial charge in [-0.1, -0.05) is 51.5 Å². The van der Waals surface area contributed by atoms with Gasteiger partial charge in [-0.15, -0.1) is 0 Å². The topological polar surface area (TPSA) is 12.0 Å². The number of aryl methyl sites for hydroxylation is 1. The highest BCUT2D eigenvalue weighted by molar-refractivity contribution is 5.34. The van der Waals surface area contributed by atoms with E-state index in [4.69, 9.17) is 0 Å². The van der Waals surface area contributed by atoms with Crippen LogP contribution in [0.4, 0.5) is 0 Å². The molecule has 3 atom stereocenters. The first-order valence-corrected chi connectivity index (χ1v) is 8.88. The fourth-order valence-electron chi connectivity index (χ4n) is 4.35. The molecule has 1 aromatic carbocycles. The summed E-state index contributed by atoms with van der Waals surface area (Å²) >= 11 is 0. The highest BCUT2D eigenvalue weighted by atomic mass is 15.0. The van der Waals surface area contributed by atoms with Gasteiger partial charge in [0.15, 0.2) is 0 Å². The van der Waals surface area contributed by atoms with E-state index in [1.54, 1.807) is 11.1 Å². The highest BCUT2D eigenvalue weighted by Gasteiger charge is 2.30. The first-order valence-electron chi connectivity index (χ1n) is 8.88. The minimum atomic E-state index is 0.481. The molecule has 21 heavy (non-hydrogen) atoms. The van der Waals surface area contributed by atoms with Crippen LogP contribution in [-0.4, -0.2) is 6.04 Å². The molecule has 1 nitrogen and oxygen atoms in total. The van der Waals surface area contributed by atoms with E-state index in [9.17, 15) is 0 Å². The zero-order valence-electron chi connectivity index (χ0n) is 14.0. The van der Waals surface area contributed by atoms with Crippen LogP contribution in [0, 0.1) is 11.3 Å². The van der Waals surface area contributed by atoms with Crippen LogP contribution in [-0.2, 0) is 6.42 Å². The molecule has 2 aliphatic carbocycles. The Balaban J connectivity index is 1.60. The molecule has 1 fully saturated rings. The third kappa shape index (κ3) is 3.51. The first-order chi connectivity index (χ1) is 10.0. The molecule has 116 valence electrons. The van der Waals surface area contributed by atoms with Crippen molar-refractivity contribution in [2.24, 2.45) is 11.3 Å². The number of hydrogen-bond acceptors (Lipinski definition) is 1. The predicted molar refractivity (Wildman–Crippen MR) is 90.5 cm³/mol. The molecule has 2 aliphatic rings. The molecule has 1 saturated carbocycles. The molecule has 1 aromatic rings. The fraction of sp³-hybridized carbons (Fsp3) is 0.700. The van der Waals surface area contributed by atoms with Crippen molar-refractivity contribution >= 4 is 0 Å². The third-order valence-corrected chi connectivity index (χ3v) is 5.76. The van der Waals surface area contributed by atoms with E-state index in [2.05, 4.69) is 50.4 Å². The summed E-state index contributed by atoms with van der Waals surface area (Å²) in [6, 6.07) is 10.3. The second-order valence-corrected chi connectivity index (χ2v) is 8.22. The zero-order valence-corrected chi connectivity index (χ0v) is 14.0. The van der Waals surface area contributed by atoms with E-state index in [-0.39, 0.29) is 0 Å². The second kappa shape index (κ2) is 6.12. The number of rotatable bonds is 2. The fourth-order valence-corrected chi connectivity index (χ4v) is 4.35. The van der Waals surface area contributed by atoms with Crippen LogP contribution in [0.1, 0.15) is 76.5 Å². The van der Waals surface area contributed by atoms with Crippen LogP contribution in [0.25, 0.3) is 0 Å². The van der Waals surface area contributed by atoms with E-state index in [1.807, 2.05) is 0 Å². The zero-order chi connectivity index (χ0) is 14.9. The van der Waals surface area contributed by atoms with Crippen molar-refractivity contribution in [2.45, 2.75) is 77.8 Å². The minimum absolute atomic E-state index is 0.481. The molecular weight excluding hydrogens is 254 g/mol. The largest absolute Gasteiger partial charge is 0.307 e. The van der Waals surface area contributed by atoms with Crippen molar-refractivity contribution in [3.63, 3.8) is 0 Å². The lowest BCUT2D eigenvalue weighted by Crippen LogP contribution is -2.31. The van der Waals surface area contributed by atoms with Gasteiger partial charge >= 0.3 is 0 Å².